The van der Waals surface area contributed by atoms with Gasteiger partial charge in [-0.15, -0.1) is 13.2 Å². The molecule has 0 spiro atoms. The summed E-state index contributed by atoms with van der Waals surface area (Å²) in [4.78, 5) is 3.18. The lowest BCUT2D eigenvalue weighted by Crippen LogP contribution is -2.20. The Morgan fingerprint density at radius 2 is 2.00 bits per heavy atom. The molecule has 9 heteroatoms. The van der Waals surface area contributed by atoms with Gasteiger partial charge in [-0.25, -0.2) is 13.8 Å². The van der Waals surface area contributed by atoms with Crippen molar-refractivity contribution < 1.29 is 26.7 Å². The molecule has 0 aliphatic rings. The highest BCUT2D eigenvalue weighted by molar-refractivity contribution is 5.54. The molecule has 0 bridgehead atoms. The van der Waals surface area contributed by atoms with Crippen molar-refractivity contribution in [2.45, 2.75) is 12.8 Å². The largest absolute Gasteiger partial charge is 0.573 e. The first kappa shape index (κ1) is 13.0. The molecule has 1 rings (SSSR count). The van der Waals surface area contributed by atoms with Crippen molar-refractivity contribution in [1.29, 1.82) is 5.26 Å². The second kappa shape index (κ2) is 4.40. The van der Waals surface area contributed by atoms with E-state index in [0.717, 1.165) is 0 Å². The van der Waals surface area contributed by atoms with Gasteiger partial charge in [0.2, 0.25) is 0 Å². The molecule has 4 nitrogen and oxygen atoms in total. The highest BCUT2D eigenvalue weighted by Gasteiger charge is 2.35. The maximum absolute atomic E-state index is 12.5. The Kier molecular flexibility index (Phi) is 3.36. The van der Waals surface area contributed by atoms with E-state index < -0.39 is 35.6 Å². The number of alkyl halides is 5. The molecule has 0 aliphatic carbocycles. The van der Waals surface area contributed by atoms with Crippen LogP contribution in [0, 0.1) is 11.3 Å². The first-order valence-corrected chi connectivity index (χ1v) is 3.99. The SMILES string of the molecule is N#Cc1cc(C(F)F)c(OC(F)(F)F)c(N)n1. The molecule has 1 aromatic rings. The standard InChI is InChI=1S/C8H4F5N3O/c9-6(10)4-1-3(2-14)16-7(15)5(4)17-8(11,12)13/h1,6H,(H2,15,16). The number of hydrogen-bond acceptors (Lipinski definition) is 4. The smallest absolute Gasteiger partial charge is 0.401 e. The summed E-state index contributed by atoms with van der Waals surface area (Å²) in [6.07, 6.45) is -8.45. The van der Waals surface area contributed by atoms with Crippen LogP contribution in [0.2, 0.25) is 0 Å². The molecule has 0 radical (unpaired) electrons. The van der Waals surface area contributed by atoms with Gasteiger partial charge in [-0.3, -0.25) is 0 Å². The van der Waals surface area contributed by atoms with Crippen LogP contribution >= 0.6 is 0 Å². The van der Waals surface area contributed by atoms with Gasteiger partial charge in [-0.1, -0.05) is 0 Å². The lowest BCUT2D eigenvalue weighted by atomic mass is 10.2. The average Bonchev–Trinajstić information content (AvgIpc) is 2.18. The summed E-state index contributed by atoms with van der Waals surface area (Å²) in [7, 11) is 0. The van der Waals surface area contributed by atoms with E-state index in [1.807, 2.05) is 0 Å². The molecular weight excluding hydrogens is 249 g/mol. The van der Waals surface area contributed by atoms with Crippen LogP contribution in [0.5, 0.6) is 5.75 Å². The van der Waals surface area contributed by atoms with Crippen LogP contribution in [-0.4, -0.2) is 11.3 Å². The topological polar surface area (TPSA) is 71.9 Å². The van der Waals surface area contributed by atoms with E-state index in [-0.39, 0.29) is 0 Å². The molecule has 0 aliphatic heterocycles. The number of nitrogens with zero attached hydrogens (tertiary/aromatic N) is 2. The third-order valence-electron chi connectivity index (χ3n) is 1.60. The number of halogens is 5. The Morgan fingerprint density at radius 1 is 1.41 bits per heavy atom. The molecule has 0 fully saturated rings. The number of hydrogen-bond donors (Lipinski definition) is 1. The van der Waals surface area contributed by atoms with Crippen LogP contribution in [0.15, 0.2) is 6.07 Å². The Labute approximate surface area is 91.4 Å². The molecule has 1 aromatic heterocycles. The van der Waals surface area contributed by atoms with Gasteiger partial charge in [0.15, 0.2) is 11.6 Å². The van der Waals surface area contributed by atoms with E-state index in [4.69, 9.17) is 11.0 Å². The molecule has 1 heterocycles. The van der Waals surface area contributed by atoms with Crippen molar-refractivity contribution in [3.8, 4) is 11.8 Å². The Balaban J connectivity index is 3.33. The van der Waals surface area contributed by atoms with E-state index in [2.05, 4.69) is 9.72 Å². The summed E-state index contributed by atoms with van der Waals surface area (Å²) in [5, 5.41) is 8.42. The van der Waals surface area contributed by atoms with Crippen LogP contribution in [0.4, 0.5) is 27.8 Å². The van der Waals surface area contributed by atoms with Gasteiger partial charge >= 0.3 is 6.36 Å². The number of rotatable bonds is 2. The zero-order valence-electron chi connectivity index (χ0n) is 7.92. The Hall–Kier alpha value is -2.11. The van der Waals surface area contributed by atoms with Crippen molar-refractivity contribution in [3.05, 3.63) is 17.3 Å². The van der Waals surface area contributed by atoms with Crippen LogP contribution < -0.4 is 10.5 Å². The van der Waals surface area contributed by atoms with Gasteiger partial charge in [0.05, 0.1) is 5.56 Å². The Bertz CT molecular complexity index is 465. The number of aromatic nitrogens is 1. The monoisotopic (exact) mass is 253 g/mol. The summed E-state index contributed by atoms with van der Waals surface area (Å²) < 4.78 is 64.1. The maximum atomic E-state index is 12.5. The third kappa shape index (κ3) is 3.17. The number of pyridine rings is 1. The van der Waals surface area contributed by atoms with E-state index in [1.165, 1.54) is 6.07 Å². The molecule has 0 atom stereocenters. The molecule has 0 saturated carbocycles. The van der Waals surface area contributed by atoms with Crippen LogP contribution in [0.3, 0.4) is 0 Å². The molecule has 2 N–H and O–H groups in total. The van der Waals surface area contributed by atoms with Gasteiger partial charge in [0.25, 0.3) is 6.43 Å². The van der Waals surface area contributed by atoms with Gasteiger partial charge < -0.3 is 10.5 Å². The number of nitriles is 1. The molecule has 0 aromatic carbocycles. The minimum atomic E-state index is -5.17. The van der Waals surface area contributed by atoms with Gasteiger partial charge in [0, 0.05) is 0 Å². The van der Waals surface area contributed by atoms with Crippen molar-refractivity contribution >= 4 is 5.82 Å². The summed E-state index contributed by atoms with van der Waals surface area (Å²) in [5.41, 5.74) is 3.37. The number of nitrogen functional groups attached to an aromatic ring is 1. The highest BCUT2D eigenvalue weighted by atomic mass is 19.4. The summed E-state index contributed by atoms with van der Waals surface area (Å²) in [6.45, 7) is 0. The summed E-state index contributed by atoms with van der Waals surface area (Å²) in [5.74, 6) is -2.21. The van der Waals surface area contributed by atoms with Crippen LogP contribution in [0.25, 0.3) is 0 Å². The predicted molar refractivity (Wildman–Crippen MR) is 45.0 cm³/mol. The van der Waals surface area contributed by atoms with Gasteiger partial charge in [-0.2, -0.15) is 5.26 Å². The van der Waals surface area contributed by atoms with Crippen molar-refractivity contribution in [3.63, 3.8) is 0 Å². The molecule has 0 unspecified atom stereocenters. The minimum absolute atomic E-state index is 0.488. The van der Waals surface area contributed by atoms with E-state index in [0.29, 0.717) is 6.07 Å². The third-order valence-corrected chi connectivity index (χ3v) is 1.60. The van der Waals surface area contributed by atoms with Crippen LogP contribution in [-0.2, 0) is 0 Å². The van der Waals surface area contributed by atoms with Crippen LogP contribution in [0.1, 0.15) is 17.7 Å². The molecule has 0 amide bonds. The van der Waals surface area contributed by atoms with Crippen molar-refractivity contribution in [2.75, 3.05) is 5.73 Å². The number of nitrogens with two attached hydrogens (primary N) is 1. The lowest BCUT2D eigenvalue weighted by Gasteiger charge is -2.14. The van der Waals surface area contributed by atoms with E-state index in [1.54, 1.807) is 0 Å². The molecule has 0 saturated heterocycles. The molecular formula is C8H4F5N3O. The first-order valence-electron chi connectivity index (χ1n) is 3.99. The fraction of sp³-hybridized carbons (Fsp3) is 0.250. The highest BCUT2D eigenvalue weighted by Crippen LogP contribution is 2.36. The quantitative estimate of drug-likeness (QED) is 0.821. The fourth-order valence-corrected chi connectivity index (χ4v) is 1.02. The van der Waals surface area contributed by atoms with E-state index >= 15 is 0 Å². The predicted octanol–water partition coefficient (Wildman–Crippen LogP) is 2.37. The van der Waals surface area contributed by atoms with Gasteiger partial charge in [-0.05, 0) is 6.07 Å². The normalized spacial score (nSPS) is 11.4. The fourth-order valence-electron chi connectivity index (χ4n) is 1.02. The minimum Gasteiger partial charge on any atom is -0.401 e. The van der Waals surface area contributed by atoms with E-state index in [9.17, 15) is 22.0 Å². The second-order valence-electron chi connectivity index (χ2n) is 2.77. The summed E-state index contributed by atoms with van der Waals surface area (Å²) in [6, 6.07) is 1.88. The molecule has 92 valence electrons. The Morgan fingerprint density at radius 3 is 2.41 bits per heavy atom. The summed E-state index contributed by atoms with van der Waals surface area (Å²) >= 11 is 0. The first-order chi connectivity index (χ1) is 7.74. The zero-order chi connectivity index (χ0) is 13.2. The number of anilines is 1. The lowest BCUT2D eigenvalue weighted by molar-refractivity contribution is -0.275. The average molecular weight is 253 g/mol. The zero-order valence-corrected chi connectivity index (χ0v) is 7.92. The second-order valence-corrected chi connectivity index (χ2v) is 2.77. The number of ether oxygens (including phenoxy) is 1. The maximum Gasteiger partial charge on any atom is 0.573 e. The molecule has 17 heavy (non-hydrogen) atoms. The van der Waals surface area contributed by atoms with Gasteiger partial charge in [0.1, 0.15) is 11.8 Å². The van der Waals surface area contributed by atoms with Crippen molar-refractivity contribution in [2.24, 2.45) is 0 Å². The van der Waals surface area contributed by atoms with Crippen molar-refractivity contribution in [1.82, 2.24) is 4.98 Å².